The van der Waals surface area contributed by atoms with Crippen LogP contribution in [0.4, 0.5) is 0 Å². The molecule has 0 fully saturated rings. The van der Waals surface area contributed by atoms with Crippen molar-refractivity contribution in [2.45, 2.75) is 46.7 Å². The summed E-state index contributed by atoms with van der Waals surface area (Å²) in [5.41, 5.74) is 8.84. The first kappa shape index (κ1) is 20.1. The highest BCUT2D eigenvalue weighted by Crippen LogP contribution is 2.10. The summed E-state index contributed by atoms with van der Waals surface area (Å²) in [4.78, 5) is 16.4. The number of carbonyl (C=O) groups is 1. The number of nitrogens with one attached hydrogen (secondary N) is 1. The Kier molecular flexibility index (Phi) is 7.38. The first-order valence-corrected chi connectivity index (χ1v) is 7.94. The van der Waals surface area contributed by atoms with Gasteiger partial charge in [0.05, 0.1) is 11.7 Å². The maximum absolute atomic E-state index is 12.0. The largest absolute Gasteiger partial charge is 0.351 e. The predicted molar refractivity (Wildman–Crippen MR) is 97.4 cm³/mol. The van der Waals surface area contributed by atoms with Gasteiger partial charge >= 0.3 is 0 Å². The zero-order valence-electron chi connectivity index (χ0n) is 14.6. The Morgan fingerprint density at radius 2 is 2.08 bits per heavy atom. The molecule has 6 nitrogen and oxygen atoms in total. The topological polar surface area (TPSA) is 85.8 Å². The van der Waals surface area contributed by atoms with E-state index in [2.05, 4.69) is 15.4 Å². The van der Waals surface area contributed by atoms with Crippen LogP contribution in [0, 0.1) is 19.8 Å². The fraction of sp³-hybridized carbons (Fsp3) is 0.471. The minimum Gasteiger partial charge on any atom is -0.351 e. The minimum atomic E-state index is -0.470. The zero-order chi connectivity index (χ0) is 17.0. The Morgan fingerprint density at radius 1 is 1.38 bits per heavy atom. The zero-order valence-corrected chi connectivity index (χ0v) is 15.4. The summed E-state index contributed by atoms with van der Waals surface area (Å²) in [6.07, 6.45) is 2.63. The molecule has 0 saturated heterocycles. The molecule has 1 amide bonds. The summed E-state index contributed by atoms with van der Waals surface area (Å²) in [5, 5.41) is 7.27. The molecule has 0 aromatic carbocycles. The fourth-order valence-electron chi connectivity index (χ4n) is 2.33. The van der Waals surface area contributed by atoms with Crippen LogP contribution in [0.2, 0.25) is 0 Å². The second kappa shape index (κ2) is 8.80. The van der Waals surface area contributed by atoms with Crippen molar-refractivity contribution in [1.29, 1.82) is 0 Å². The molecule has 2 heterocycles. The van der Waals surface area contributed by atoms with Crippen LogP contribution in [0.1, 0.15) is 37.2 Å². The summed E-state index contributed by atoms with van der Waals surface area (Å²) in [6, 6.07) is 5.37. The van der Waals surface area contributed by atoms with Gasteiger partial charge in [0.1, 0.15) is 0 Å². The van der Waals surface area contributed by atoms with E-state index in [4.69, 9.17) is 5.73 Å². The molecular weight excluding hydrogens is 326 g/mol. The molecule has 24 heavy (non-hydrogen) atoms. The monoisotopic (exact) mass is 351 g/mol. The van der Waals surface area contributed by atoms with Crippen molar-refractivity contribution in [1.82, 2.24) is 20.1 Å². The van der Waals surface area contributed by atoms with E-state index in [9.17, 15) is 4.79 Å². The van der Waals surface area contributed by atoms with Crippen LogP contribution in [0.15, 0.2) is 24.4 Å². The lowest BCUT2D eigenvalue weighted by Gasteiger charge is -2.17. The molecular formula is C17H26ClN5O. The van der Waals surface area contributed by atoms with Gasteiger partial charge in [-0.15, -0.1) is 12.4 Å². The summed E-state index contributed by atoms with van der Waals surface area (Å²) in [7, 11) is 0. The Balaban J connectivity index is 0.00000288. The Morgan fingerprint density at radius 3 is 2.58 bits per heavy atom. The highest BCUT2D eigenvalue weighted by molar-refractivity contribution is 5.85. The lowest BCUT2D eigenvalue weighted by atomic mass is 9.99. The third-order valence-electron chi connectivity index (χ3n) is 4.06. The summed E-state index contributed by atoms with van der Waals surface area (Å²) in [6.45, 7) is 8.38. The number of nitrogens with zero attached hydrogens (tertiary/aromatic N) is 3. The molecule has 2 unspecified atom stereocenters. The van der Waals surface area contributed by atoms with Crippen LogP contribution in [-0.2, 0) is 11.3 Å². The quantitative estimate of drug-likeness (QED) is 0.836. The normalized spacial score (nSPS) is 13.0. The minimum absolute atomic E-state index is 0. The number of pyridine rings is 1. The van der Waals surface area contributed by atoms with Crippen LogP contribution in [0.5, 0.6) is 0 Å². The van der Waals surface area contributed by atoms with Gasteiger partial charge in [-0.25, -0.2) is 9.67 Å². The first-order chi connectivity index (χ1) is 10.9. The third-order valence-corrected chi connectivity index (χ3v) is 4.06. The van der Waals surface area contributed by atoms with Gasteiger partial charge in [0.2, 0.25) is 5.91 Å². The van der Waals surface area contributed by atoms with Gasteiger partial charge in [-0.3, -0.25) is 4.79 Å². The summed E-state index contributed by atoms with van der Waals surface area (Å²) in [5.74, 6) is 0.811. The standard InChI is InChI=1S/C17H25N5O.ClH/c1-5-11(2)16(18)17(23)20-10-14-6-7-15(19-9-14)22-13(4)8-12(3)21-22;/h6-9,11,16H,5,10,18H2,1-4H3,(H,20,23);1H. The van der Waals surface area contributed by atoms with Gasteiger partial charge in [0.15, 0.2) is 5.82 Å². The molecule has 0 bridgehead atoms. The first-order valence-electron chi connectivity index (χ1n) is 7.94. The average Bonchev–Trinajstić information content (AvgIpc) is 2.90. The molecule has 3 N–H and O–H groups in total. The maximum Gasteiger partial charge on any atom is 0.237 e. The molecule has 2 rings (SSSR count). The van der Waals surface area contributed by atoms with Crippen molar-refractivity contribution in [3.05, 3.63) is 41.3 Å². The van der Waals surface area contributed by atoms with E-state index in [-0.39, 0.29) is 24.2 Å². The smallest absolute Gasteiger partial charge is 0.237 e. The van der Waals surface area contributed by atoms with Gasteiger partial charge < -0.3 is 11.1 Å². The van der Waals surface area contributed by atoms with Crippen molar-refractivity contribution < 1.29 is 4.79 Å². The van der Waals surface area contributed by atoms with Crippen molar-refractivity contribution in [2.75, 3.05) is 0 Å². The Labute approximate surface area is 149 Å². The number of halogens is 1. The highest BCUT2D eigenvalue weighted by atomic mass is 35.5. The number of hydrogen-bond acceptors (Lipinski definition) is 4. The molecule has 0 spiro atoms. The van der Waals surface area contributed by atoms with E-state index >= 15 is 0 Å². The number of aromatic nitrogens is 3. The van der Waals surface area contributed by atoms with Gasteiger partial charge in [-0.05, 0) is 37.5 Å². The SMILES string of the molecule is CCC(C)C(N)C(=O)NCc1ccc(-n2nc(C)cc2C)nc1.Cl. The second-order valence-corrected chi connectivity index (χ2v) is 5.99. The lowest BCUT2D eigenvalue weighted by molar-refractivity contribution is -0.123. The van der Waals surface area contributed by atoms with E-state index in [0.717, 1.165) is 29.2 Å². The molecule has 7 heteroatoms. The van der Waals surface area contributed by atoms with Crippen molar-refractivity contribution in [2.24, 2.45) is 11.7 Å². The van der Waals surface area contributed by atoms with Crippen LogP contribution in [0.3, 0.4) is 0 Å². The average molecular weight is 352 g/mol. The number of aryl methyl sites for hydroxylation is 2. The number of nitrogens with two attached hydrogens (primary N) is 1. The van der Waals surface area contributed by atoms with Crippen molar-refractivity contribution >= 4 is 18.3 Å². The van der Waals surface area contributed by atoms with Crippen LogP contribution >= 0.6 is 12.4 Å². The fourth-order valence-corrected chi connectivity index (χ4v) is 2.33. The number of amides is 1. The summed E-state index contributed by atoms with van der Waals surface area (Å²) >= 11 is 0. The Bertz CT molecular complexity index is 668. The second-order valence-electron chi connectivity index (χ2n) is 5.99. The molecule has 0 aliphatic heterocycles. The molecule has 0 aliphatic carbocycles. The number of hydrogen-bond donors (Lipinski definition) is 2. The van der Waals surface area contributed by atoms with Crippen LogP contribution in [-0.4, -0.2) is 26.7 Å². The molecule has 0 aliphatic rings. The van der Waals surface area contributed by atoms with E-state index in [1.165, 1.54) is 0 Å². The molecule has 0 radical (unpaired) electrons. The lowest BCUT2D eigenvalue weighted by Crippen LogP contribution is -2.44. The molecule has 0 saturated carbocycles. The van der Waals surface area contributed by atoms with Gasteiger partial charge in [0.25, 0.3) is 0 Å². The maximum atomic E-state index is 12.0. The molecule has 2 atom stereocenters. The van der Waals surface area contributed by atoms with Crippen LogP contribution < -0.4 is 11.1 Å². The van der Waals surface area contributed by atoms with Gasteiger partial charge in [-0.2, -0.15) is 5.10 Å². The van der Waals surface area contributed by atoms with Crippen LogP contribution in [0.25, 0.3) is 5.82 Å². The third kappa shape index (κ3) is 4.79. The molecule has 2 aromatic rings. The number of carbonyl (C=O) groups excluding carboxylic acids is 1. The van der Waals surface area contributed by atoms with E-state index in [0.29, 0.717) is 6.54 Å². The molecule has 132 valence electrons. The highest BCUT2D eigenvalue weighted by Gasteiger charge is 2.18. The van der Waals surface area contributed by atoms with E-state index in [1.807, 2.05) is 45.9 Å². The Hall–Kier alpha value is -1.92. The van der Waals surface area contributed by atoms with Crippen molar-refractivity contribution in [3.63, 3.8) is 0 Å². The van der Waals surface area contributed by atoms with Gasteiger partial charge in [0, 0.05) is 18.4 Å². The van der Waals surface area contributed by atoms with E-state index < -0.39 is 6.04 Å². The van der Waals surface area contributed by atoms with E-state index in [1.54, 1.807) is 10.9 Å². The molecule has 2 aromatic heterocycles. The van der Waals surface area contributed by atoms with Crippen molar-refractivity contribution in [3.8, 4) is 5.82 Å². The number of rotatable bonds is 6. The van der Waals surface area contributed by atoms with Gasteiger partial charge in [-0.1, -0.05) is 26.3 Å². The predicted octanol–water partition coefficient (Wildman–Crippen LogP) is 2.30. The summed E-state index contributed by atoms with van der Waals surface area (Å²) < 4.78 is 1.80.